The number of nitrogens with zero attached hydrogens (tertiary/aromatic N) is 2. The number of anilines is 2. The molecule has 0 bridgehead atoms. The van der Waals surface area contributed by atoms with Crippen molar-refractivity contribution in [2.45, 2.75) is 13.3 Å². The number of carbonyl (C=O) groups excluding carboxylic acids is 1. The number of nitrogens with two attached hydrogens (primary N) is 1. The van der Waals surface area contributed by atoms with E-state index >= 15 is 0 Å². The van der Waals surface area contributed by atoms with Gasteiger partial charge in [0, 0.05) is 31.3 Å². The Balaban J connectivity index is 1.77. The van der Waals surface area contributed by atoms with Crippen molar-refractivity contribution in [2.75, 3.05) is 31.4 Å². The summed E-state index contributed by atoms with van der Waals surface area (Å²) in [4.78, 5) is 16.6. The van der Waals surface area contributed by atoms with Gasteiger partial charge in [-0.3, -0.25) is 4.79 Å². The molecule has 28 heavy (non-hydrogen) atoms. The van der Waals surface area contributed by atoms with E-state index < -0.39 is 0 Å². The fraction of sp³-hybridized carbons (Fsp3) is 0.250. The van der Waals surface area contributed by atoms with Crippen LogP contribution in [-0.2, 0) is 4.74 Å². The zero-order chi connectivity index (χ0) is 19.9. The molecule has 0 atom stereocenters. The van der Waals surface area contributed by atoms with Crippen LogP contribution in [0.15, 0.2) is 47.2 Å². The van der Waals surface area contributed by atoms with Crippen molar-refractivity contribution in [1.82, 2.24) is 10.1 Å². The molecule has 0 aliphatic carbocycles. The van der Waals surface area contributed by atoms with Gasteiger partial charge in [-0.2, -0.15) is 0 Å². The lowest BCUT2D eigenvalue weighted by molar-refractivity contribution is 0.102. The maximum atomic E-state index is 12.3. The summed E-state index contributed by atoms with van der Waals surface area (Å²) < 4.78 is 15.7. The standard InChI is InChI=1S/C20H22N4O4/c1-13-16(12-28-24-13)20(25)23-18-9-8-15(19(21)22-18)14-6-3-4-7-17(14)27-11-5-10-26-2/h3-4,6-9,12H,5,10-11H2,1-2H3,(H3,21,22,23,25). The first-order valence-corrected chi connectivity index (χ1v) is 8.80. The van der Waals surface area contributed by atoms with E-state index in [0.29, 0.717) is 36.0 Å². The van der Waals surface area contributed by atoms with Crippen molar-refractivity contribution in [3.63, 3.8) is 0 Å². The summed E-state index contributed by atoms with van der Waals surface area (Å²) in [5.74, 6) is 0.974. The van der Waals surface area contributed by atoms with E-state index in [9.17, 15) is 4.79 Å². The lowest BCUT2D eigenvalue weighted by atomic mass is 10.1. The number of pyridine rings is 1. The normalized spacial score (nSPS) is 10.6. The monoisotopic (exact) mass is 382 g/mol. The second kappa shape index (κ2) is 9.01. The number of para-hydroxylation sites is 1. The zero-order valence-electron chi connectivity index (χ0n) is 15.8. The van der Waals surface area contributed by atoms with E-state index in [2.05, 4.69) is 15.5 Å². The fourth-order valence-corrected chi connectivity index (χ4v) is 2.67. The molecule has 0 aliphatic heterocycles. The Labute approximate surface area is 162 Å². The molecule has 0 fully saturated rings. The highest BCUT2D eigenvalue weighted by atomic mass is 16.5. The molecule has 8 nitrogen and oxygen atoms in total. The van der Waals surface area contributed by atoms with Gasteiger partial charge in [0.2, 0.25) is 0 Å². The van der Waals surface area contributed by atoms with Gasteiger partial charge in [0.15, 0.2) is 0 Å². The van der Waals surface area contributed by atoms with Crippen molar-refractivity contribution in [2.24, 2.45) is 0 Å². The lowest BCUT2D eigenvalue weighted by Crippen LogP contribution is -2.14. The van der Waals surface area contributed by atoms with Gasteiger partial charge >= 0.3 is 0 Å². The van der Waals surface area contributed by atoms with Gasteiger partial charge in [-0.1, -0.05) is 23.4 Å². The number of aryl methyl sites for hydroxylation is 1. The van der Waals surface area contributed by atoms with E-state index in [1.54, 1.807) is 26.2 Å². The minimum absolute atomic E-state index is 0.285. The third kappa shape index (κ3) is 4.47. The van der Waals surface area contributed by atoms with E-state index in [1.165, 1.54) is 6.26 Å². The smallest absolute Gasteiger partial charge is 0.262 e. The number of benzene rings is 1. The number of carbonyl (C=O) groups is 1. The zero-order valence-corrected chi connectivity index (χ0v) is 15.8. The second-order valence-electron chi connectivity index (χ2n) is 6.09. The predicted molar refractivity (Wildman–Crippen MR) is 105 cm³/mol. The number of nitrogens with one attached hydrogen (secondary N) is 1. The number of amides is 1. The number of aromatic nitrogens is 2. The number of methoxy groups -OCH3 is 1. The Morgan fingerprint density at radius 1 is 1.18 bits per heavy atom. The summed E-state index contributed by atoms with van der Waals surface area (Å²) >= 11 is 0. The summed E-state index contributed by atoms with van der Waals surface area (Å²) in [6, 6.07) is 11.1. The maximum absolute atomic E-state index is 12.3. The fourth-order valence-electron chi connectivity index (χ4n) is 2.67. The molecule has 3 rings (SSSR count). The van der Waals surface area contributed by atoms with Crippen LogP contribution < -0.4 is 15.8 Å². The third-order valence-electron chi connectivity index (χ3n) is 4.09. The van der Waals surface area contributed by atoms with Gasteiger partial charge in [0.05, 0.1) is 12.3 Å². The van der Waals surface area contributed by atoms with Crippen molar-refractivity contribution in [3.8, 4) is 16.9 Å². The Bertz CT molecular complexity index is 955. The van der Waals surface area contributed by atoms with E-state index in [-0.39, 0.29) is 11.7 Å². The Morgan fingerprint density at radius 2 is 2.00 bits per heavy atom. The number of ether oxygens (including phenoxy) is 2. The average Bonchev–Trinajstić information content (AvgIpc) is 3.12. The minimum atomic E-state index is -0.361. The van der Waals surface area contributed by atoms with Crippen LogP contribution in [0.2, 0.25) is 0 Å². The summed E-state index contributed by atoms with van der Waals surface area (Å²) in [6.45, 7) is 2.85. The maximum Gasteiger partial charge on any atom is 0.262 e. The van der Waals surface area contributed by atoms with Gasteiger partial charge in [-0.25, -0.2) is 4.98 Å². The Morgan fingerprint density at radius 3 is 2.71 bits per heavy atom. The number of rotatable bonds is 8. The lowest BCUT2D eigenvalue weighted by Gasteiger charge is -2.13. The van der Waals surface area contributed by atoms with Crippen LogP contribution in [0.3, 0.4) is 0 Å². The molecule has 3 N–H and O–H groups in total. The Hall–Kier alpha value is -3.39. The molecule has 1 amide bonds. The first-order valence-electron chi connectivity index (χ1n) is 8.80. The van der Waals surface area contributed by atoms with Gasteiger partial charge in [-0.05, 0) is 25.1 Å². The summed E-state index contributed by atoms with van der Waals surface area (Å²) in [7, 11) is 1.66. The van der Waals surface area contributed by atoms with Crippen LogP contribution in [-0.4, -0.2) is 36.4 Å². The van der Waals surface area contributed by atoms with Gasteiger partial charge in [0.1, 0.15) is 29.2 Å². The first-order chi connectivity index (χ1) is 13.6. The molecule has 0 saturated carbocycles. The molecule has 0 aliphatic rings. The van der Waals surface area contributed by atoms with Crippen molar-refractivity contribution < 1.29 is 18.8 Å². The minimum Gasteiger partial charge on any atom is -0.493 e. The molecule has 0 radical (unpaired) electrons. The SMILES string of the molecule is COCCCOc1ccccc1-c1ccc(NC(=O)c2conc2C)nc1N. The van der Waals surface area contributed by atoms with Crippen LogP contribution in [0.1, 0.15) is 22.5 Å². The van der Waals surface area contributed by atoms with Gasteiger partial charge < -0.3 is 25.0 Å². The molecule has 146 valence electrons. The Kier molecular flexibility index (Phi) is 6.23. The summed E-state index contributed by atoms with van der Waals surface area (Å²) in [5, 5.41) is 6.39. The first kappa shape index (κ1) is 19.4. The van der Waals surface area contributed by atoms with Crippen LogP contribution in [0, 0.1) is 6.92 Å². The molecule has 3 aromatic rings. The number of hydrogen-bond donors (Lipinski definition) is 2. The largest absolute Gasteiger partial charge is 0.493 e. The van der Waals surface area contributed by atoms with E-state index in [1.807, 2.05) is 24.3 Å². The highest BCUT2D eigenvalue weighted by Gasteiger charge is 2.15. The molecule has 2 heterocycles. The molecular formula is C20H22N4O4. The topological polar surface area (TPSA) is 112 Å². The van der Waals surface area contributed by atoms with Crippen LogP contribution in [0.5, 0.6) is 5.75 Å². The van der Waals surface area contributed by atoms with E-state index in [4.69, 9.17) is 19.7 Å². The highest BCUT2D eigenvalue weighted by molar-refractivity contribution is 6.04. The average molecular weight is 382 g/mol. The molecule has 0 saturated heterocycles. The number of hydrogen-bond acceptors (Lipinski definition) is 7. The molecule has 8 heteroatoms. The molecular weight excluding hydrogens is 360 g/mol. The summed E-state index contributed by atoms with van der Waals surface area (Å²) in [6.07, 6.45) is 2.07. The van der Waals surface area contributed by atoms with Crippen molar-refractivity contribution >= 4 is 17.5 Å². The van der Waals surface area contributed by atoms with Crippen LogP contribution in [0.25, 0.3) is 11.1 Å². The van der Waals surface area contributed by atoms with Crippen LogP contribution in [0.4, 0.5) is 11.6 Å². The quantitative estimate of drug-likeness (QED) is 0.575. The van der Waals surface area contributed by atoms with Gasteiger partial charge in [0.25, 0.3) is 5.91 Å². The third-order valence-corrected chi connectivity index (χ3v) is 4.09. The summed E-state index contributed by atoms with van der Waals surface area (Å²) in [5.41, 5.74) is 8.56. The van der Waals surface area contributed by atoms with Crippen molar-refractivity contribution in [3.05, 3.63) is 53.9 Å². The molecule has 0 unspecified atom stereocenters. The number of nitrogen functional groups attached to an aromatic ring is 1. The molecule has 0 spiro atoms. The van der Waals surface area contributed by atoms with Crippen LogP contribution >= 0.6 is 0 Å². The predicted octanol–water partition coefficient (Wildman–Crippen LogP) is 3.29. The molecule has 2 aromatic heterocycles. The second-order valence-corrected chi connectivity index (χ2v) is 6.09. The van der Waals surface area contributed by atoms with Crippen molar-refractivity contribution in [1.29, 1.82) is 0 Å². The van der Waals surface area contributed by atoms with E-state index in [0.717, 1.165) is 17.5 Å². The van der Waals surface area contributed by atoms with Gasteiger partial charge in [-0.15, -0.1) is 0 Å². The molecule has 1 aromatic carbocycles. The highest BCUT2D eigenvalue weighted by Crippen LogP contribution is 2.33.